The Morgan fingerprint density at radius 3 is 2.62 bits per heavy atom. The molecular formula is C21H29N3O2. The molecule has 0 bridgehead atoms. The Morgan fingerprint density at radius 2 is 1.92 bits per heavy atom. The summed E-state index contributed by atoms with van der Waals surface area (Å²) in [4.78, 5) is 17.0. The Bertz CT molecular complexity index is 630. The zero-order chi connectivity index (χ0) is 18.4. The second-order valence-corrected chi connectivity index (χ2v) is 7.76. The molecule has 2 aliphatic rings. The van der Waals surface area contributed by atoms with E-state index in [1.54, 1.807) is 24.3 Å². The van der Waals surface area contributed by atoms with Crippen LogP contribution < -0.4 is 4.74 Å². The number of nitrogens with zero attached hydrogens (tertiary/aromatic N) is 3. The first kappa shape index (κ1) is 18.7. The van der Waals surface area contributed by atoms with Crippen molar-refractivity contribution in [2.75, 3.05) is 39.3 Å². The molecule has 2 heterocycles. The molecule has 5 nitrogen and oxygen atoms in total. The van der Waals surface area contributed by atoms with E-state index in [-0.39, 0.29) is 12.5 Å². The van der Waals surface area contributed by atoms with Gasteiger partial charge >= 0.3 is 0 Å². The van der Waals surface area contributed by atoms with E-state index in [1.807, 2.05) is 4.90 Å². The summed E-state index contributed by atoms with van der Waals surface area (Å²) in [5, 5.41) is 8.82. The number of nitriles is 1. The maximum atomic E-state index is 12.5. The van der Waals surface area contributed by atoms with Crippen LogP contribution in [0.2, 0.25) is 0 Å². The van der Waals surface area contributed by atoms with E-state index in [2.05, 4.69) is 17.9 Å². The minimum absolute atomic E-state index is 0.0614. The van der Waals surface area contributed by atoms with Crippen LogP contribution >= 0.6 is 0 Å². The lowest BCUT2D eigenvalue weighted by atomic mass is 9.94. The Labute approximate surface area is 156 Å². The summed E-state index contributed by atoms with van der Waals surface area (Å²) in [7, 11) is 0. The van der Waals surface area contributed by atoms with Gasteiger partial charge in [0.25, 0.3) is 5.91 Å². The molecular weight excluding hydrogens is 326 g/mol. The van der Waals surface area contributed by atoms with Gasteiger partial charge in [0.2, 0.25) is 0 Å². The SMILES string of the molecule is CC1CCN(C[C@H]2CCCN(C(=O)COc3ccc(C#N)cc3)C2)CC1. The van der Waals surface area contributed by atoms with E-state index >= 15 is 0 Å². The maximum Gasteiger partial charge on any atom is 0.260 e. The summed E-state index contributed by atoms with van der Waals surface area (Å²) in [6.45, 7) is 7.62. The molecule has 0 aromatic heterocycles. The average Bonchev–Trinajstić information content (AvgIpc) is 2.68. The molecule has 0 spiro atoms. The van der Waals surface area contributed by atoms with Gasteiger partial charge in [0.05, 0.1) is 11.6 Å². The molecule has 5 heteroatoms. The summed E-state index contributed by atoms with van der Waals surface area (Å²) in [6, 6.07) is 8.96. The molecule has 2 fully saturated rings. The number of piperidine rings is 2. The number of ether oxygens (including phenoxy) is 1. The number of benzene rings is 1. The van der Waals surface area contributed by atoms with Gasteiger partial charge in [-0.15, -0.1) is 0 Å². The lowest BCUT2D eigenvalue weighted by Gasteiger charge is -2.37. The van der Waals surface area contributed by atoms with Crippen LogP contribution in [0.15, 0.2) is 24.3 Å². The van der Waals surface area contributed by atoms with Crippen molar-refractivity contribution in [2.45, 2.75) is 32.6 Å². The lowest BCUT2D eigenvalue weighted by molar-refractivity contribution is -0.135. The molecule has 2 saturated heterocycles. The van der Waals surface area contributed by atoms with Crippen molar-refractivity contribution in [3.05, 3.63) is 29.8 Å². The largest absolute Gasteiger partial charge is 0.484 e. The van der Waals surface area contributed by atoms with Gasteiger partial charge in [-0.1, -0.05) is 6.92 Å². The minimum atomic E-state index is 0.0614. The van der Waals surface area contributed by atoms with Gasteiger partial charge in [-0.2, -0.15) is 5.26 Å². The number of carbonyl (C=O) groups excluding carboxylic acids is 1. The molecule has 0 radical (unpaired) electrons. The average molecular weight is 355 g/mol. The first-order valence-electron chi connectivity index (χ1n) is 9.77. The number of hydrogen-bond acceptors (Lipinski definition) is 4. The third kappa shape index (κ3) is 5.22. The minimum Gasteiger partial charge on any atom is -0.484 e. The summed E-state index contributed by atoms with van der Waals surface area (Å²) >= 11 is 0. The highest BCUT2D eigenvalue weighted by molar-refractivity contribution is 5.77. The Balaban J connectivity index is 1.44. The van der Waals surface area contributed by atoms with Gasteiger partial charge < -0.3 is 14.5 Å². The van der Waals surface area contributed by atoms with Gasteiger partial charge in [0, 0.05) is 19.6 Å². The van der Waals surface area contributed by atoms with Crippen molar-refractivity contribution in [1.82, 2.24) is 9.80 Å². The van der Waals surface area contributed by atoms with Crippen LogP contribution in [0, 0.1) is 23.2 Å². The maximum absolute atomic E-state index is 12.5. The van der Waals surface area contributed by atoms with E-state index in [4.69, 9.17) is 10.00 Å². The summed E-state index contributed by atoms with van der Waals surface area (Å²) in [5.74, 6) is 2.13. The van der Waals surface area contributed by atoms with Crippen molar-refractivity contribution in [2.24, 2.45) is 11.8 Å². The van der Waals surface area contributed by atoms with E-state index in [0.717, 1.165) is 32.0 Å². The molecule has 0 N–H and O–H groups in total. The second kappa shape index (κ2) is 9.05. The Hall–Kier alpha value is -2.06. The van der Waals surface area contributed by atoms with Crippen LogP contribution in [0.3, 0.4) is 0 Å². The predicted molar refractivity (Wildman–Crippen MR) is 101 cm³/mol. The third-order valence-corrected chi connectivity index (χ3v) is 5.61. The summed E-state index contributed by atoms with van der Waals surface area (Å²) in [6.07, 6.45) is 4.89. The number of likely N-dealkylation sites (tertiary alicyclic amines) is 2. The second-order valence-electron chi connectivity index (χ2n) is 7.76. The Kier molecular flexibility index (Phi) is 6.51. The van der Waals surface area contributed by atoms with Crippen LogP contribution in [0.1, 0.15) is 38.2 Å². The molecule has 26 heavy (non-hydrogen) atoms. The first-order chi connectivity index (χ1) is 12.6. The van der Waals surface area contributed by atoms with Crippen LogP contribution in [0.4, 0.5) is 0 Å². The molecule has 1 aromatic rings. The first-order valence-corrected chi connectivity index (χ1v) is 9.77. The number of carbonyl (C=O) groups is 1. The van der Waals surface area contributed by atoms with Gasteiger partial charge in [-0.05, 0) is 74.9 Å². The number of hydrogen-bond donors (Lipinski definition) is 0. The topological polar surface area (TPSA) is 56.6 Å². The molecule has 1 aromatic carbocycles. The monoisotopic (exact) mass is 355 g/mol. The molecule has 0 aliphatic carbocycles. The highest BCUT2D eigenvalue weighted by Gasteiger charge is 2.26. The lowest BCUT2D eigenvalue weighted by Crippen LogP contribution is -2.46. The zero-order valence-corrected chi connectivity index (χ0v) is 15.7. The molecule has 3 rings (SSSR count). The number of amides is 1. The van der Waals surface area contributed by atoms with Crippen LogP contribution in [0.5, 0.6) is 5.75 Å². The van der Waals surface area contributed by atoms with E-state index < -0.39 is 0 Å². The van der Waals surface area contributed by atoms with Crippen LogP contribution in [-0.4, -0.2) is 55.0 Å². The van der Waals surface area contributed by atoms with Gasteiger partial charge in [0.1, 0.15) is 5.75 Å². The van der Waals surface area contributed by atoms with E-state index in [0.29, 0.717) is 17.2 Å². The van der Waals surface area contributed by atoms with Crippen molar-refractivity contribution in [3.63, 3.8) is 0 Å². The van der Waals surface area contributed by atoms with Gasteiger partial charge in [-0.3, -0.25) is 4.79 Å². The van der Waals surface area contributed by atoms with Crippen molar-refractivity contribution < 1.29 is 9.53 Å². The zero-order valence-electron chi connectivity index (χ0n) is 15.7. The molecule has 1 amide bonds. The van der Waals surface area contributed by atoms with E-state index in [1.165, 1.54) is 32.4 Å². The van der Waals surface area contributed by atoms with Crippen molar-refractivity contribution in [1.29, 1.82) is 5.26 Å². The highest BCUT2D eigenvalue weighted by atomic mass is 16.5. The molecule has 0 unspecified atom stereocenters. The van der Waals surface area contributed by atoms with Gasteiger partial charge in [-0.25, -0.2) is 0 Å². The molecule has 1 atom stereocenters. The van der Waals surface area contributed by atoms with Gasteiger partial charge in [0.15, 0.2) is 6.61 Å². The summed E-state index contributed by atoms with van der Waals surface area (Å²) in [5.41, 5.74) is 0.592. The van der Waals surface area contributed by atoms with Crippen LogP contribution in [0.25, 0.3) is 0 Å². The fraction of sp³-hybridized carbons (Fsp3) is 0.619. The number of rotatable bonds is 5. The quantitative estimate of drug-likeness (QED) is 0.815. The molecule has 0 saturated carbocycles. The molecule has 2 aliphatic heterocycles. The normalized spacial score (nSPS) is 22.0. The summed E-state index contributed by atoms with van der Waals surface area (Å²) < 4.78 is 5.61. The predicted octanol–water partition coefficient (Wildman–Crippen LogP) is 2.91. The smallest absolute Gasteiger partial charge is 0.260 e. The third-order valence-electron chi connectivity index (χ3n) is 5.61. The standard InChI is InChI=1S/C21H29N3O2/c1-17-8-11-23(12-9-17)14-19-3-2-10-24(15-19)21(25)16-26-20-6-4-18(13-22)5-7-20/h4-7,17,19H,2-3,8-12,14-16H2,1H3/t19-/m1/s1. The fourth-order valence-electron chi connectivity index (χ4n) is 3.91. The highest BCUT2D eigenvalue weighted by Crippen LogP contribution is 2.22. The van der Waals surface area contributed by atoms with Crippen molar-refractivity contribution >= 4 is 5.91 Å². The fourth-order valence-corrected chi connectivity index (χ4v) is 3.91. The van der Waals surface area contributed by atoms with E-state index in [9.17, 15) is 4.79 Å². The Morgan fingerprint density at radius 1 is 1.19 bits per heavy atom. The molecule has 140 valence electrons. The van der Waals surface area contributed by atoms with Crippen molar-refractivity contribution in [3.8, 4) is 11.8 Å². The van der Waals surface area contributed by atoms with Crippen LogP contribution in [-0.2, 0) is 4.79 Å².